The number of hydrogen-bond donors (Lipinski definition) is 3. The maximum absolute atomic E-state index is 12.6. The van der Waals surface area contributed by atoms with Crippen LogP contribution >= 0.6 is 11.3 Å². The molecule has 0 aliphatic rings. The number of carbonyl (C=O) groups is 1. The molecule has 3 rings (SSSR count). The van der Waals surface area contributed by atoms with Crippen LogP contribution in [-0.4, -0.2) is 19.7 Å². The molecule has 158 valence electrons. The van der Waals surface area contributed by atoms with Crippen molar-refractivity contribution < 1.29 is 13.6 Å². The van der Waals surface area contributed by atoms with Gasteiger partial charge in [0.15, 0.2) is 0 Å². The molecule has 2 aromatic carbocycles. The standard InChI is InChI=1S/C22H25N3O3S2/c1-2-18-15-29-22(23-18)20(14-17-8-11-19(12-9-17)25-30(27)28)24-21(26)13-10-16-6-4-3-5-7-16/h3-9,11-12,15,20,25H,2,10,13-14H2,1H3,(H,24,26)(H,27,28)/t20-/m0/s1. The number of carbonyl (C=O) groups excluding carboxylic acids is 1. The summed E-state index contributed by atoms with van der Waals surface area (Å²) in [5.74, 6) is -0.00827. The second-order valence-corrected chi connectivity index (χ2v) is 8.48. The second-order valence-electron chi connectivity index (χ2n) is 6.89. The van der Waals surface area contributed by atoms with Crippen molar-refractivity contribution in [2.24, 2.45) is 0 Å². The highest BCUT2D eigenvalue weighted by molar-refractivity contribution is 7.80. The number of hydrogen-bond acceptors (Lipinski definition) is 4. The first-order valence-corrected chi connectivity index (χ1v) is 11.8. The average molecular weight is 444 g/mol. The Labute approximate surface area is 183 Å². The molecule has 8 heteroatoms. The van der Waals surface area contributed by atoms with E-state index in [0.717, 1.165) is 28.2 Å². The molecule has 0 aliphatic heterocycles. The minimum atomic E-state index is -2.10. The van der Waals surface area contributed by atoms with Gasteiger partial charge >= 0.3 is 0 Å². The molecule has 0 saturated carbocycles. The van der Waals surface area contributed by atoms with Gasteiger partial charge in [0.25, 0.3) is 11.3 Å². The molecule has 3 aromatic rings. The van der Waals surface area contributed by atoms with Crippen molar-refractivity contribution in [1.29, 1.82) is 0 Å². The third kappa shape index (κ3) is 6.76. The van der Waals surface area contributed by atoms with Crippen LogP contribution in [0.4, 0.5) is 5.69 Å². The first-order chi connectivity index (χ1) is 14.5. The van der Waals surface area contributed by atoms with Crippen molar-refractivity contribution in [3.05, 3.63) is 81.8 Å². The summed E-state index contributed by atoms with van der Waals surface area (Å²) in [5.41, 5.74) is 3.72. The molecule has 1 amide bonds. The molecule has 1 heterocycles. The monoisotopic (exact) mass is 443 g/mol. The maximum atomic E-state index is 12.6. The normalized spacial score (nSPS) is 12.9. The van der Waals surface area contributed by atoms with E-state index in [2.05, 4.69) is 21.9 Å². The number of aromatic nitrogens is 1. The largest absolute Gasteiger partial charge is 0.347 e. The Morgan fingerprint density at radius 3 is 2.50 bits per heavy atom. The van der Waals surface area contributed by atoms with Gasteiger partial charge in [0.05, 0.1) is 11.7 Å². The summed E-state index contributed by atoms with van der Waals surface area (Å²) in [6.07, 6.45) is 2.55. The Balaban J connectivity index is 1.68. The van der Waals surface area contributed by atoms with Crippen molar-refractivity contribution in [3.8, 4) is 0 Å². The quantitative estimate of drug-likeness (QED) is 0.408. The Morgan fingerprint density at radius 1 is 1.13 bits per heavy atom. The van der Waals surface area contributed by atoms with Crippen LogP contribution in [0.2, 0.25) is 0 Å². The molecular weight excluding hydrogens is 418 g/mol. The summed E-state index contributed by atoms with van der Waals surface area (Å²) < 4.78 is 22.3. The van der Waals surface area contributed by atoms with Gasteiger partial charge in [0, 0.05) is 17.5 Å². The molecule has 0 spiro atoms. The first-order valence-electron chi connectivity index (χ1n) is 9.77. The topological polar surface area (TPSA) is 91.3 Å². The van der Waals surface area contributed by atoms with Gasteiger partial charge in [-0.25, -0.2) is 9.19 Å². The first kappa shape index (κ1) is 22.1. The van der Waals surface area contributed by atoms with Gasteiger partial charge in [-0.3, -0.25) is 14.1 Å². The minimum absolute atomic E-state index is 0.00827. The fourth-order valence-electron chi connectivity index (χ4n) is 3.06. The van der Waals surface area contributed by atoms with Gasteiger partial charge in [0.1, 0.15) is 5.01 Å². The van der Waals surface area contributed by atoms with Gasteiger partial charge in [-0.1, -0.05) is 49.4 Å². The van der Waals surface area contributed by atoms with Crippen LogP contribution < -0.4 is 10.0 Å². The van der Waals surface area contributed by atoms with E-state index in [4.69, 9.17) is 4.55 Å². The number of thiazole rings is 1. The molecule has 1 unspecified atom stereocenters. The number of anilines is 1. The zero-order valence-corrected chi connectivity index (χ0v) is 18.3. The molecule has 6 nitrogen and oxygen atoms in total. The predicted octanol–water partition coefficient (Wildman–Crippen LogP) is 4.29. The summed E-state index contributed by atoms with van der Waals surface area (Å²) in [6, 6.07) is 17.0. The van der Waals surface area contributed by atoms with E-state index in [1.54, 1.807) is 23.5 Å². The number of nitrogens with zero attached hydrogens (tertiary/aromatic N) is 1. The summed E-state index contributed by atoms with van der Waals surface area (Å²) in [6.45, 7) is 2.06. The van der Waals surface area contributed by atoms with Crippen LogP contribution in [0.15, 0.2) is 60.0 Å². The maximum Gasteiger partial charge on any atom is 0.259 e. The minimum Gasteiger partial charge on any atom is -0.347 e. The number of aryl methyl sites for hydroxylation is 2. The van der Waals surface area contributed by atoms with E-state index >= 15 is 0 Å². The van der Waals surface area contributed by atoms with Crippen molar-refractivity contribution in [3.63, 3.8) is 0 Å². The lowest BCUT2D eigenvalue weighted by Crippen LogP contribution is -2.30. The van der Waals surface area contributed by atoms with Crippen molar-refractivity contribution in [1.82, 2.24) is 10.3 Å². The molecule has 1 aromatic heterocycles. The summed E-state index contributed by atoms with van der Waals surface area (Å²) >= 11 is -0.545. The third-order valence-electron chi connectivity index (χ3n) is 4.65. The summed E-state index contributed by atoms with van der Waals surface area (Å²) in [5, 5.41) is 6.06. The smallest absolute Gasteiger partial charge is 0.259 e. The van der Waals surface area contributed by atoms with Crippen LogP contribution in [-0.2, 0) is 35.3 Å². The third-order valence-corrected chi connectivity index (χ3v) is 6.07. The number of rotatable bonds is 10. The van der Waals surface area contributed by atoms with E-state index in [9.17, 15) is 9.00 Å². The molecule has 3 N–H and O–H groups in total. The number of benzene rings is 2. The zero-order chi connectivity index (χ0) is 21.3. The van der Waals surface area contributed by atoms with E-state index in [0.29, 0.717) is 24.9 Å². The number of amides is 1. The predicted molar refractivity (Wildman–Crippen MR) is 122 cm³/mol. The van der Waals surface area contributed by atoms with Crippen LogP contribution in [0.5, 0.6) is 0 Å². The zero-order valence-electron chi connectivity index (χ0n) is 16.7. The molecule has 0 aliphatic carbocycles. The molecule has 2 atom stereocenters. The van der Waals surface area contributed by atoms with Crippen LogP contribution in [0, 0.1) is 0 Å². The molecule has 0 radical (unpaired) electrons. The Bertz CT molecular complexity index is 975. The summed E-state index contributed by atoms with van der Waals surface area (Å²) in [7, 11) is 0. The SMILES string of the molecule is CCc1csc([C@H](Cc2ccc(NS(=O)O)cc2)NC(=O)CCc2ccccc2)n1. The fourth-order valence-corrected chi connectivity index (χ4v) is 4.35. The fraction of sp³-hybridized carbons (Fsp3) is 0.273. The summed E-state index contributed by atoms with van der Waals surface area (Å²) in [4.78, 5) is 17.3. The highest BCUT2D eigenvalue weighted by atomic mass is 32.2. The van der Waals surface area contributed by atoms with E-state index in [-0.39, 0.29) is 11.9 Å². The molecule has 0 fully saturated rings. The van der Waals surface area contributed by atoms with E-state index in [1.807, 2.05) is 47.8 Å². The highest BCUT2D eigenvalue weighted by Crippen LogP contribution is 2.24. The van der Waals surface area contributed by atoms with Gasteiger partial charge in [-0.15, -0.1) is 11.3 Å². The Kier molecular flexibility index (Phi) is 8.12. The lowest BCUT2D eigenvalue weighted by Gasteiger charge is -2.17. The van der Waals surface area contributed by atoms with Crippen molar-refractivity contribution in [2.45, 2.75) is 38.6 Å². The molecule has 0 bridgehead atoms. The molecule has 30 heavy (non-hydrogen) atoms. The molecule has 0 saturated heterocycles. The van der Waals surface area contributed by atoms with Crippen molar-refractivity contribution in [2.75, 3.05) is 4.72 Å². The lowest BCUT2D eigenvalue weighted by atomic mass is 10.0. The van der Waals surface area contributed by atoms with E-state index in [1.165, 1.54) is 0 Å². The Morgan fingerprint density at radius 2 is 1.87 bits per heavy atom. The van der Waals surface area contributed by atoms with Gasteiger partial charge in [-0.2, -0.15) is 0 Å². The Hall–Kier alpha value is -2.55. The van der Waals surface area contributed by atoms with E-state index < -0.39 is 11.3 Å². The van der Waals surface area contributed by atoms with Crippen LogP contribution in [0.3, 0.4) is 0 Å². The highest BCUT2D eigenvalue weighted by Gasteiger charge is 2.19. The van der Waals surface area contributed by atoms with Gasteiger partial charge in [-0.05, 0) is 42.5 Å². The van der Waals surface area contributed by atoms with Gasteiger partial charge in [0.2, 0.25) is 5.91 Å². The average Bonchev–Trinajstić information content (AvgIpc) is 3.23. The van der Waals surface area contributed by atoms with Crippen molar-refractivity contribution >= 4 is 34.2 Å². The lowest BCUT2D eigenvalue weighted by molar-refractivity contribution is -0.121. The van der Waals surface area contributed by atoms with Crippen LogP contribution in [0.25, 0.3) is 0 Å². The van der Waals surface area contributed by atoms with Crippen LogP contribution in [0.1, 0.15) is 41.2 Å². The number of nitrogens with one attached hydrogen (secondary N) is 2. The second kappa shape index (κ2) is 11.0. The molecular formula is C22H25N3O3S2. The van der Waals surface area contributed by atoms with Gasteiger partial charge < -0.3 is 5.32 Å².